The second-order valence-electron chi connectivity index (χ2n) is 6.74. The summed E-state index contributed by atoms with van der Waals surface area (Å²) in [6.07, 6.45) is -0.858. The Morgan fingerprint density at radius 2 is 2.23 bits per heavy atom. The van der Waals surface area contributed by atoms with E-state index < -0.39 is 17.6 Å². The summed E-state index contributed by atoms with van der Waals surface area (Å²) in [5, 5.41) is 25.6. The number of aromatic amines is 1. The number of methoxy groups -OCH3 is 1. The molecule has 0 spiro atoms. The lowest BCUT2D eigenvalue weighted by Crippen LogP contribution is -2.45. The molecule has 1 fully saturated rings. The highest BCUT2D eigenvalue weighted by Gasteiger charge is 2.42. The maximum Gasteiger partial charge on any atom is 0.404 e. The van der Waals surface area contributed by atoms with Gasteiger partial charge in [0.05, 0.1) is 18.7 Å². The molecule has 2 heterocycles. The highest BCUT2D eigenvalue weighted by Crippen LogP contribution is 2.31. The lowest BCUT2D eigenvalue weighted by molar-refractivity contribution is 0.0618. The predicted octanol–water partition coefficient (Wildman–Crippen LogP) is 0.687. The van der Waals surface area contributed by atoms with E-state index >= 15 is 0 Å². The lowest BCUT2D eigenvalue weighted by atomic mass is 9.79. The van der Waals surface area contributed by atoms with E-state index in [0.717, 1.165) is 5.39 Å². The van der Waals surface area contributed by atoms with Gasteiger partial charge in [0, 0.05) is 36.7 Å². The molecule has 0 unspecified atom stereocenters. The molecular weight excluding hydrogens is 338 g/mol. The third kappa shape index (κ3) is 3.66. The number of ether oxygens (including phenoxy) is 1. The van der Waals surface area contributed by atoms with Gasteiger partial charge in [-0.2, -0.15) is 0 Å². The van der Waals surface area contributed by atoms with Crippen molar-refractivity contribution in [2.45, 2.75) is 18.9 Å². The quantitative estimate of drug-likeness (QED) is 0.516. The SMILES string of the molecule is COc1ccc2cc(CC[C@@]3(CNC(=O)O)CNC[C@H]3O)c(=O)[nH]c2c1. The van der Waals surface area contributed by atoms with E-state index in [1.807, 2.05) is 18.2 Å². The van der Waals surface area contributed by atoms with Crippen molar-refractivity contribution in [1.29, 1.82) is 0 Å². The number of hydrogen-bond acceptors (Lipinski definition) is 5. The molecule has 1 saturated heterocycles. The summed E-state index contributed by atoms with van der Waals surface area (Å²) in [5.74, 6) is 0.666. The Labute approximate surface area is 150 Å². The van der Waals surface area contributed by atoms with Crippen molar-refractivity contribution in [3.63, 3.8) is 0 Å². The van der Waals surface area contributed by atoms with Crippen molar-refractivity contribution >= 4 is 17.0 Å². The number of pyridine rings is 1. The van der Waals surface area contributed by atoms with E-state index in [-0.39, 0.29) is 12.1 Å². The molecule has 1 aromatic heterocycles. The van der Waals surface area contributed by atoms with Gasteiger partial charge in [-0.15, -0.1) is 0 Å². The molecule has 26 heavy (non-hydrogen) atoms. The van der Waals surface area contributed by atoms with Gasteiger partial charge in [-0.3, -0.25) is 4.79 Å². The van der Waals surface area contributed by atoms with Crippen LogP contribution in [-0.4, -0.2) is 54.1 Å². The minimum absolute atomic E-state index is 0.138. The normalized spacial score (nSPS) is 22.5. The first-order chi connectivity index (χ1) is 12.4. The molecule has 8 heteroatoms. The van der Waals surface area contributed by atoms with E-state index in [2.05, 4.69) is 15.6 Å². The molecule has 0 aliphatic carbocycles. The first-order valence-electron chi connectivity index (χ1n) is 8.49. The summed E-state index contributed by atoms with van der Waals surface area (Å²) in [5.41, 5.74) is 0.492. The van der Waals surface area contributed by atoms with Gasteiger partial charge in [-0.25, -0.2) is 4.79 Å². The number of nitrogens with one attached hydrogen (secondary N) is 3. The molecule has 0 bridgehead atoms. The number of aryl methyl sites for hydroxylation is 1. The predicted molar refractivity (Wildman–Crippen MR) is 96.8 cm³/mol. The number of aliphatic hydroxyl groups excluding tert-OH is 1. The maximum atomic E-state index is 12.4. The van der Waals surface area contributed by atoms with E-state index in [1.54, 1.807) is 13.2 Å². The molecule has 1 amide bonds. The third-order valence-electron chi connectivity index (χ3n) is 5.14. The first kappa shape index (κ1) is 18.2. The molecule has 1 aliphatic rings. The summed E-state index contributed by atoms with van der Waals surface area (Å²) in [7, 11) is 1.57. The van der Waals surface area contributed by atoms with E-state index in [9.17, 15) is 14.7 Å². The molecular formula is C18H23N3O5. The molecule has 8 nitrogen and oxygen atoms in total. The van der Waals surface area contributed by atoms with Crippen LogP contribution in [0.1, 0.15) is 12.0 Å². The van der Waals surface area contributed by atoms with Crippen LogP contribution in [0.15, 0.2) is 29.1 Å². The number of carbonyl (C=O) groups is 1. The van der Waals surface area contributed by atoms with Gasteiger partial charge in [0.25, 0.3) is 5.56 Å². The van der Waals surface area contributed by atoms with Gasteiger partial charge in [0.2, 0.25) is 0 Å². The van der Waals surface area contributed by atoms with Gasteiger partial charge < -0.3 is 30.6 Å². The molecule has 1 aromatic carbocycles. The number of hydrogen-bond donors (Lipinski definition) is 5. The van der Waals surface area contributed by atoms with Gasteiger partial charge in [-0.1, -0.05) is 0 Å². The zero-order chi connectivity index (χ0) is 18.7. The van der Waals surface area contributed by atoms with E-state index in [1.165, 1.54) is 0 Å². The lowest BCUT2D eigenvalue weighted by Gasteiger charge is -2.31. The number of fused-ring (bicyclic) bond motifs is 1. The highest BCUT2D eigenvalue weighted by molar-refractivity contribution is 5.80. The second kappa shape index (κ2) is 7.35. The number of aliphatic hydroxyl groups is 1. The minimum atomic E-state index is -1.12. The van der Waals surface area contributed by atoms with Crippen LogP contribution in [0.4, 0.5) is 4.79 Å². The van der Waals surface area contributed by atoms with Crippen LogP contribution in [0.2, 0.25) is 0 Å². The molecule has 0 radical (unpaired) electrons. The zero-order valence-corrected chi connectivity index (χ0v) is 14.5. The fourth-order valence-electron chi connectivity index (χ4n) is 3.49. The van der Waals surface area contributed by atoms with Crippen LogP contribution in [0.5, 0.6) is 5.75 Å². The van der Waals surface area contributed by atoms with Crippen LogP contribution >= 0.6 is 0 Å². The van der Waals surface area contributed by atoms with Crippen molar-refractivity contribution in [2.75, 3.05) is 26.7 Å². The summed E-state index contributed by atoms with van der Waals surface area (Å²) in [6.45, 7) is 1.05. The Bertz CT molecular complexity index is 866. The fourth-order valence-corrected chi connectivity index (χ4v) is 3.49. The largest absolute Gasteiger partial charge is 0.497 e. The minimum Gasteiger partial charge on any atom is -0.497 e. The van der Waals surface area contributed by atoms with Crippen LogP contribution in [0.3, 0.4) is 0 Å². The number of aromatic nitrogens is 1. The van der Waals surface area contributed by atoms with Gasteiger partial charge in [0.15, 0.2) is 0 Å². The van der Waals surface area contributed by atoms with Crippen LogP contribution in [0.25, 0.3) is 10.9 Å². The number of H-pyrrole nitrogens is 1. The van der Waals surface area contributed by atoms with Crippen molar-refractivity contribution in [3.05, 3.63) is 40.2 Å². The standard InChI is InChI=1S/C18H23N3O5/c1-26-13-3-2-11-6-12(16(23)21-14(11)7-13)4-5-18(10-20-17(24)25)9-19-8-15(18)22/h2-3,6-7,15,19-20,22H,4-5,8-10H2,1H3,(H,21,23)(H,24,25)/t15-,18+/m1/s1. The molecule has 3 rings (SSSR count). The van der Waals surface area contributed by atoms with Crippen molar-refractivity contribution < 1.29 is 19.7 Å². The van der Waals surface area contributed by atoms with Crippen LogP contribution < -0.4 is 20.9 Å². The van der Waals surface area contributed by atoms with Gasteiger partial charge >= 0.3 is 6.09 Å². The Morgan fingerprint density at radius 1 is 1.42 bits per heavy atom. The Morgan fingerprint density at radius 3 is 2.88 bits per heavy atom. The Kier molecular flexibility index (Phi) is 5.15. The molecule has 140 valence electrons. The zero-order valence-electron chi connectivity index (χ0n) is 14.5. The van der Waals surface area contributed by atoms with E-state index in [4.69, 9.17) is 9.84 Å². The Hall–Kier alpha value is -2.58. The first-order valence-corrected chi connectivity index (χ1v) is 8.49. The monoisotopic (exact) mass is 361 g/mol. The van der Waals surface area contributed by atoms with Crippen LogP contribution in [-0.2, 0) is 6.42 Å². The average Bonchev–Trinajstić information content (AvgIpc) is 2.98. The van der Waals surface area contributed by atoms with Crippen LogP contribution in [0, 0.1) is 5.41 Å². The third-order valence-corrected chi connectivity index (χ3v) is 5.14. The number of β-amino-alcohol motifs (C(OH)–C–C–N with tert-alkyl or cyclic N) is 1. The number of amides is 1. The summed E-state index contributed by atoms with van der Waals surface area (Å²) in [6, 6.07) is 7.30. The number of carboxylic acid groups (broad SMARTS) is 1. The molecule has 2 aromatic rings. The number of rotatable bonds is 6. The second-order valence-corrected chi connectivity index (χ2v) is 6.74. The summed E-state index contributed by atoms with van der Waals surface area (Å²) in [4.78, 5) is 26.1. The van der Waals surface area contributed by atoms with Crippen molar-refractivity contribution in [3.8, 4) is 5.75 Å². The summed E-state index contributed by atoms with van der Waals surface area (Å²) < 4.78 is 5.17. The number of benzene rings is 1. The van der Waals surface area contributed by atoms with Gasteiger partial charge in [0.1, 0.15) is 5.75 Å². The van der Waals surface area contributed by atoms with Crippen molar-refractivity contribution in [1.82, 2.24) is 15.6 Å². The average molecular weight is 361 g/mol. The smallest absolute Gasteiger partial charge is 0.404 e. The molecule has 2 atom stereocenters. The highest BCUT2D eigenvalue weighted by atomic mass is 16.5. The topological polar surface area (TPSA) is 124 Å². The van der Waals surface area contributed by atoms with Gasteiger partial charge in [-0.05, 0) is 36.4 Å². The molecule has 5 N–H and O–H groups in total. The van der Waals surface area contributed by atoms with Crippen molar-refractivity contribution in [2.24, 2.45) is 5.41 Å². The Balaban J connectivity index is 1.82. The molecule has 0 saturated carbocycles. The maximum absolute atomic E-state index is 12.4. The fraction of sp³-hybridized carbons (Fsp3) is 0.444. The summed E-state index contributed by atoms with van der Waals surface area (Å²) >= 11 is 0. The molecule has 1 aliphatic heterocycles. The van der Waals surface area contributed by atoms with E-state index in [0.29, 0.717) is 42.8 Å².